The Morgan fingerprint density at radius 3 is 2.00 bits per heavy atom. The van der Waals surface area contributed by atoms with Crippen molar-refractivity contribution in [2.24, 2.45) is 0 Å². The van der Waals surface area contributed by atoms with Gasteiger partial charge in [0.15, 0.2) is 0 Å². The molecule has 0 radical (unpaired) electrons. The topological polar surface area (TPSA) is 0 Å². The fourth-order valence-corrected chi connectivity index (χ4v) is 1.63. The highest BCUT2D eigenvalue weighted by Crippen LogP contribution is 2.47. The SMILES string of the molecule is CCCCCC(Cl)C(Cl)(Cl)C(F)(F)Cl. The molecule has 0 aliphatic rings. The third kappa shape index (κ3) is 4.26. The molecule has 0 spiro atoms. The van der Waals surface area contributed by atoms with E-state index in [0.29, 0.717) is 12.8 Å². The molecule has 1 atom stereocenters. The number of hydrogen-bond acceptors (Lipinski definition) is 0. The van der Waals surface area contributed by atoms with Gasteiger partial charge in [0.2, 0.25) is 4.33 Å². The quantitative estimate of drug-likeness (QED) is 0.466. The summed E-state index contributed by atoms with van der Waals surface area (Å²) in [5, 5.41) is -4.76. The summed E-state index contributed by atoms with van der Waals surface area (Å²) in [6, 6.07) is 0. The molecule has 0 amide bonds. The minimum absolute atomic E-state index is 0.324. The zero-order chi connectivity index (χ0) is 11.4. The standard InChI is InChI=1S/C8H12Cl4F2/c1-2-3-4-5-6(9)7(10,11)8(12,13)14/h6H,2-5H2,1H3. The first-order valence-electron chi connectivity index (χ1n) is 4.32. The number of halogens is 6. The Morgan fingerprint density at radius 1 is 1.14 bits per heavy atom. The van der Waals surface area contributed by atoms with E-state index in [9.17, 15) is 8.78 Å². The summed E-state index contributed by atoms with van der Waals surface area (Å²) in [6.07, 6.45) is 2.91. The highest BCUT2D eigenvalue weighted by molar-refractivity contribution is 6.56. The van der Waals surface area contributed by atoms with Crippen LogP contribution in [0.15, 0.2) is 0 Å². The Morgan fingerprint density at radius 2 is 1.64 bits per heavy atom. The Balaban J connectivity index is 4.15. The first-order chi connectivity index (χ1) is 6.23. The molecule has 86 valence electrons. The summed E-state index contributed by atoms with van der Waals surface area (Å²) in [4.78, 5) is 0. The lowest BCUT2D eigenvalue weighted by molar-refractivity contribution is 0.0736. The van der Waals surface area contributed by atoms with E-state index >= 15 is 0 Å². The van der Waals surface area contributed by atoms with E-state index in [1.54, 1.807) is 0 Å². The minimum Gasteiger partial charge on any atom is -0.185 e. The normalized spacial score (nSPS) is 15.6. The van der Waals surface area contributed by atoms with Gasteiger partial charge in [0.1, 0.15) is 0 Å². The second kappa shape index (κ2) is 5.93. The number of hydrogen-bond donors (Lipinski definition) is 0. The van der Waals surface area contributed by atoms with Crippen LogP contribution in [0.1, 0.15) is 32.6 Å². The fourth-order valence-electron chi connectivity index (χ4n) is 0.932. The third-order valence-corrected chi connectivity index (χ3v) is 4.09. The van der Waals surface area contributed by atoms with Crippen LogP contribution >= 0.6 is 46.4 Å². The van der Waals surface area contributed by atoms with Crippen molar-refractivity contribution >= 4 is 46.4 Å². The third-order valence-electron chi connectivity index (χ3n) is 1.83. The van der Waals surface area contributed by atoms with Crippen molar-refractivity contribution in [2.75, 3.05) is 0 Å². The Bertz CT molecular complexity index is 167. The number of rotatable bonds is 6. The summed E-state index contributed by atoms with van der Waals surface area (Å²) in [7, 11) is 0. The second-order valence-electron chi connectivity index (χ2n) is 3.08. The van der Waals surface area contributed by atoms with Crippen LogP contribution in [-0.4, -0.2) is 15.1 Å². The van der Waals surface area contributed by atoms with Gasteiger partial charge in [0.25, 0.3) is 0 Å². The molecule has 0 aliphatic carbocycles. The molecule has 1 unspecified atom stereocenters. The van der Waals surface area contributed by atoms with Crippen molar-refractivity contribution in [3.63, 3.8) is 0 Å². The zero-order valence-electron chi connectivity index (χ0n) is 7.67. The van der Waals surface area contributed by atoms with E-state index in [-0.39, 0.29) is 0 Å². The molecule has 0 aromatic heterocycles. The highest BCUT2D eigenvalue weighted by atomic mass is 35.5. The molecule has 0 N–H and O–H groups in total. The van der Waals surface area contributed by atoms with Gasteiger partial charge in [-0.15, -0.1) is 11.6 Å². The predicted octanol–water partition coefficient (Wildman–Crippen LogP) is 5.18. The van der Waals surface area contributed by atoms with E-state index < -0.39 is 15.1 Å². The maximum atomic E-state index is 12.7. The van der Waals surface area contributed by atoms with E-state index in [4.69, 9.17) is 46.4 Å². The summed E-state index contributed by atoms with van der Waals surface area (Å²) < 4.78 is 22.9. The van der Waals surface area contributed by atoms with Gasteiger partial charge < -0.3 is 0 Å². The molecule has 0 aromatic carbocycles. The number of unbranched alkanes of at least 4 members (excludes halogenated alkanes) is 2. The monoisotopic (exact) mass is 286 g/mol. The van der Waals surface area contributed by atoms with Crippen molar-refractivity contribution in [3.05, 3.63) is 0 Å². The van der Waals surface area contributed by atoms with Gasteiger partial charge in [-0.1, -0.05) is 49.4 Å². The first-order valence-corrected chi connectivity index (χ1v) is 5.89. The fraction of sp³-hybridized carbons (Fsp3) is 1.00. The Hall–Kier alpha value is 1.02. The van der Waals surface area contributed by atoms with Gasteiger partial charge >= 0.3 is 5.38 Å². The first kappa shape index (κ1) is 15.0. The van der Waals surface area contributed by atoms with E-state index in [1.807, 2.05) is 6.92 Å². The van der Waals surface area contributed by atoms with Gasteiger partial charge in [-0.25, -0.2) is 0 Å². The van der Waals surface area contributed by atoms with Gasteiger partial charge in [0, 0.05) is 0 Å². The largest absolute Gasteiger partial charge is 0.355 e. The molecule has 0 rings (SSSR count). The van der Waals surface area contributed by atoms with E-state index in [0.717, 1.165) is 12.8 Å². The molecular formula is C8H12Cl4F2. The highest BCUT2D eigenvalue weighted by Gasteiger charge is 2.54. The van der Waals surface area contributed by atoms with Gasteiger partial charge in [-0.3, -0.25) is 0 Å². The van der Waals surface area contributed by atoms with Crippen LogP contribution < -0.4 is 0 Å². The summed E-state index contributed by atoms with van der Waals surface area (Å²) in [5.41, 5.74) is 0. The summed E-state index contributed by atoms with van der Waals surface area (Å²) in [6.45, 7) is 1.99. The molecule has 0 saturated carbocycles. The molecule has 0 aliphatic heterocycles. The summed E-state index contributed by atoms with van der Waals surface area (Å²) in [5.74, 6) is 0. The van der Waals surface area contributed by atoms with Crippen LogP contribution in [0.25, 0.3) is 0 Å². The lowest BCUT2D eigenvalue weighted by Gasteiger charge is -2.28. The van der Waals surface area contributed by atoms with Gasteiger partial charge in [0.05, 0.1) is 5.38 Å². The lowest BCUT2D eigenvalue weighted by atomic mass is 10.1. The molecule has 6 heteroatoms. The van der Waals surface area contributed by atoms with Crippen molar-refractivity contribution in [2.45, 2.75) is 47.7 Å². The van der Waals surface area contributed by atoms with Crippen LogP contribution in [0.2, 0.25) is 0 Å². The van der Waals surface area contributed by atoms with Crippen molar-refractivity contribution in [1.29, 1.82) is 0 Å². The predicted molar refractivity (Wildman–Crippen MR) is 59.0 cm³/mol. The molecule has 0 saturated heterocycles. The number of alkyl halides is 6. The van der Waals surface area contributed by atoms with Crippen LogP contribution in [0.3, 0.4) is 0 Å². The van der Waals surface area contributed by atoms with Crippen LogP contribution in [0, 0.1) is 0 Å². The molecule has 0 fully saturated rings. The van der Waals surface area contributed by atoms with Crippen molar-refractivity contribution in [3.8, 4) is 0 Å². The second-order valence-corrected chi connectivity index (χ2v) is 5.47. The smallest absolute Gasteiger partial charge is 0.185 e. The van der Waals surface area contributed by atoms with Gasteiger partial charge in [-0.05, 0) is 18.0 Å². The lowest BCUT2D eigenvalue weighted by Crippen LogP contribution is -2.41. The molecule has 0 heterocycles. The maximum Gasteiger partial charge on any atom is 0.355 e. The van der Waals surface area contributed by atoms with E-state index in [2.05, 4.69) is 0 Å². The molecule has 0 bridgehead atoms. The van der Waals surface area contributed by atoms with Crippen LogP contribution in [0.5, 0.6) is 0 Å². The average Bonchev–Trinajstić information content (AvgIpc) is 2.02. The molecular weight excluding hydrogens is 276 g/mol. The molecule has 14 heavy (non-hydrogen) atoms. The van der Waals surface area contributed by atoms with Crippen molar-refractivity contribution < 1.29 is 8.78 Å². The Kier molecular flexibility index (Phi) is 6.36. The van der Waals surface area contributed by atoms with Gasteiger partial charge in [-0.2, -0.15) is 8.78 Å². The maximum absolute atomic E-state index is 12.7. The molecule has 0 nitrogen and oxygen atoms in total. The van der Waals surface area contributed by atoms with Crippen molar-refractivity contribution in [1.82, 2.24) is 0 Å². The zero-order valence-corrected chi connectivity index (χ0v) is 10.7. The summed E-state index contributed by atoms with van der Waals surface area (Å²) >= 11 is 21.2. The van der Waals surface area contributed by atoms with E-state index in [1.165, 1.54) is 0 Å². The molecule has 0 aromatic rings. The van der Waals surface area contributed by atoms with Crippen LogP contribution in [-0.2, 0) is 0 Å². The minimum atomic E-state index is -3.71. The average molecular weight is 288 g/mol. The Labute approximate surface area is 103 Å². The van der Waals surface area contributed by atoms with Crippen LogP contribution in [0.4, 0.5) is 8.78 Å².